The Labute approximate surface area is 329 Å². The maximum absolute atomic E-state index is 12.6. The molecule has 0 aromatic rings. The van der Waals surface area contributed by atoms with Crippen molar-refractivity contribution >= 4 is 19.8 Å². The number of esters is 2. The van der Waals surface area contributed by atoms with E-state index >= 15 is 0 Å². The van der Waals surface area contributed by atoms with Gasteiger partial charge in [0.05, 0.1) is 33.9 Å². The van der Waals surface area contributed by atoms with Crippen molar-refractivity contribution in [3.63, 3.8) is 0 Å². The lowest BCUT2D eigenvalue weighted by molar-refractivity contribution is -0.870. The maximum atomic E-state index is 12.6. The van der Waals surface area contributed by atoms with Crippen LogP contribution in [0.3, 0.4) is 0 Å². The van der Waals surface area contributed by atoms with Crippen molar-refractivity contribution < 1.29 is 47.2 Å². The third-order valence-corrected chi connectivity index (χ3v) is 9.37. The molecule has 0 aliphatic carbocycles. The highest BCUT2D eigenvalue weighted by Crippen LogP contribution is 2.38. The first kappa shape index (κ1) is 51.7. The van der Waals surface area contributed by atoms with Crippen LogP contribution in [0.5, 0.6) is 0 Å². The molecule has 0 spiro atoms. The molecule has 0 saturated carbocycles. The molecule has 0 radical (unpaired) electrons. The third-order valence-electron chi connectivity index (χ3n) is 8.41. The Morgan fingerprint density at radius 2 is 1.22 bits per heavy atom. The van der Waals surface area contributed by atoms with E-state index in [1.165, 1.54) is 51.4 Å². The molecule has 0 saturated heterocycles. The lowest BCUT2D eigenvalue weighted by Gasteiger charge is -2.28. The Morgan fingerprint density at radius 1 is 0.685 bits per heavy atom. The predicted molar refractivity (Wildman–Crippen MR) is 219 cm³/mol. The van der Waals surface area contributed by atoms with E-state index in [1.807, 2.05) is 33.3 Å². The van der Waals surface area contributed by atoms with E-state index < -0.39 is 38.6 Å². The number of allylic oxidation sites excluding steroid dienone is 9. The average Bonchev–Trinajstić information content (AvgIpc) is 3.11. The number of carbonyl (C=O) groups excluding carboxylic acids is 2. The molecule has 0 fully saturated rings. The zero-order valence-electron chi connectivity index (χ0n) is 34.5. The predicted octanol–water partition coefficient (Wildman–Crippen LogP) is 9.63. The van der Waals surface area contributed by atoms with Gasteiger partial charge in [0.25, 0.3) is 7.82 Å². The van der Waals surface area contributed by atoms with Crippen molar-refractivity contribution in [3.05, 3.63) is 60.8 Å². The molecule has 3 atom stereocenters. The molecular weight excluding hydrogens is 705 g/mol. The molecule has 0 rings (SSSR count). The van der Waals surface area contributed by atoms with Gasteiger partial charge in [0, 0.05) is 12.8 Å². The van der Waals surface area contributed by atoms with Gasteiger partial charge in [-0.2, -0.15) is 0 Å². The molecule has 312 valence electrons. The standard InChI is InChI=1S/C43H76NO9P/c1-6-8-10-12-14-16-18-20-21-23-25-27-29-32-40(45)33-31-35-43(47)53-41(39-52-54(48,49)51-37-36-44(3,4)5)38-50-42(46)34-30-28-26-24-22-19-17-15-13-11-9-7-2/h8,10,14,16,20-21,25,27,29,32,40-41,45H,6-7,9,11-13,15,17-19,22-24,26,28,30-31,33-39H2,1-5H3/b10-8-,16-14-,21-20-,27-25-,32-29+/t40?,41-/m1/s1. The van der Waals surface area contributed by atoms with Gasteiger partial charge in [-0.25, -0.2) is 0 Å². The molecule has 1 N–H and O–H groups in total. The molecule has 2 unspecified atom stereocenters. The Balaban J connectivity index is 4.63. The number of carbonyl (C=O) groups is 2. The van der Waals surface area contributed by atoms with Crippen LogP contribution in [0.1, 0.15) is 142 Å². The number of ether oxygens (including phenoxy) is 2. The van der Waals surface area contributed by atoms with Crippen LogP contribution in [0, 0.1) is 0 Å². The number of aliphatic hydroxyl groups is 1. The summed E-state index contributed by atoms with van der Waals surface area (Å²) in [6, 6.07) is 0. The number of rotatable bonds is 36. The Hall–Kier alpha value is -2.33. The van der Waals surface area contributed by atoms with Gasteiger partial charge < -0.3 is 33.0 Å². The molecule has 0 aromatic heterocycles. The van der Waals surface area contributed by atoms with Gasteiger partial charge in [0.15, 0.2) is 6.10 Å². The minimum atomic E-state index is -4.68. The lowest BCUT2D eigenvalue weighted by atomic mass is 10.0. The van der Waals surface area contributed by atoms with E-state index in [4.69, 9.17) is 18.5 Å². The average molecular weight is 782 g/mol. The molecule has 10 nitrogen and oxygen atoms in total. The number of hydrogen-bond acceptors (Lipinski definition) is 9. The molecule has 0 aromatic carbocycles. The van der Waals surface area contributed by atoms with Crippen molar-refractivity contribution in [2.24, 2.45) is 0 Å². The number of likely N-dealkylation sites (N-methyl/N-ethyl adjacent to an activating group) is 1. The molecule has 0 bridgehead atoms. The summed E-state index contributed by atoms with van der Waals surface area (Å²) in [4.78, 5) is 37.4. The monoisotopic (exact) mass is 782 g/mol. The number of aliphatic hydroxyl groups excluding tert-OH is 1. The van der Waals surface area contributed by atoms with Crippen molar-refractivity contribution in [1.29, 1.82) is 0 Å². The van der Waals surface area contributed by atoms with Crippen molar-refractivity contribution in [1.82, 2.24) is 0 Å². The van der Waals surface area contributed by atoms with Gasteiger partial charge in [-0.1, -0.05) is 145 Å². The Morgan fingerprint density at radius 3 is 1.80 bits per heavy atom. The fraction of sp³-hybridized carbons (Fsp3) is 0.721. The zero-order valence-corrected chi connectivity index (χ0v) is 35.4. The van der Waals surface area contributed by atoms with Crippen LogP contribution in [-0.2, 0) is 32.7 Å². The third kappa shape index (κ3) is 38.0. The van der Waals surface area contributed by atoms with Crippen LogP contribution in [0.4, 0.5) is 0 Å². The Kier molecular flexibility index (Phi) is 33.6. The lowest BCUT2D eigenvalue weighted by Crippen LogP contribution is -2.37. The molecule has 0 aliphatic rings. The fourth-order valence-electron chi connectivity index (χ4n) is 5.15. The fourth-order valence-corrected chi connectivity index (χ4v) is 5.88. The first-order valence-corrected chi connectivity index (χ1v) is 22.1. The SMILES string of the molecule is CC/C=C\C/C=C\C/C=C\C/C=C\C=C\C(O)CCCC(=O)O[C@H](COC(=O)CCCCCCCCCCCCCC)COP(=O)([O-])OCC[N+](C)(C)C. The number of unbranched alkanes of at least 4 members (excludes halogenated alkanes) is 11. The van der Waals surface area contributed by atoms with Crippen LogP contribution in [-0.4, -0.2) is 81.2 Å². The van der Waals surface area contributed by atoms with E-state index in [9.17, 15) is 24.2 Å². The summed E-state index contributed by atoms with van der Waals surface area (Å²) in [5, 5.41) is 10.3. The quantitative estimate of drug-likeness (QED) is 0.0165. The largest absolute Gasteiger partial charge is 0.756 e. The zero-order chi connectivity index (χ0) is 40.2. The van der Waals surface area contributed by atoms with Gasteiger partial charge in [-0.3, -0.25) is 14.2 Å². The second-order valence-corrected chi connectivity index (χ2v) is 16.2. The molecule has 0 aliphatic heterocycles. The highest BCUT2D eigenvalue weighted by Gasteiger charge is 2.22. The first-order valence-electron chi connectivity index (χ1n) is 20.6. The van der Waals surface area contributed by atoms with Crippen molar-refractivity contribution in [2.75, 3.05) is 47.5 Å². The minimum absolute atomic E-state index is 0.00674. The number of phosphoric acid groups is 1. The van der Waals surface area contributed by atoms with Crippen LogP contribution >= 0.6 is 7.82 Å². The second-order valence-electron chi connectivity index (χ2n) is 14.8. The van der Waals surface area contributed by atoms with Crippen molar-refractivity contribution in [3.8, 4) is 0 Å². The number of hydrogen-bond donors (Lipinski definition) is 1. The van der Waals surface area contributed by atoms with Gasteiger partial charge in [-0.05, 0) is 44.9 Å². The first-order chi connectivity index (χ1) is 25.9. The van der Waals surface area contributed by atoms with Crippen LogP contribution in [0.15, 0.2) is 60.8 Å². The number of nitrogens with zero attached hydrogens (tertiary/aromatic N) is 1. The summed E-state index contributed by atoms with van der Waals surface area (Å²) in [5.74, 6) is -1.04. The highest BCUT2D eigenvalue weighted by molar-refractivity contribution is 7.45. The van der Waals surface area contributed by atoms with Gasteiger partial charge in [0.2, 0.25) is 0 Å². The smallest absolute Gasteiger partial charge is 0.306 e. The summed E-state index contributed by atoms with van der Waals surface area (Å²) in [6.45, 7) is 3.86. The van der Waals surface area contributed by atoms with Gasteiger partial charge >= 0.3 is 11.9 Å². The molecular formula is C43H76NO9P. The summed E-state index contributed by atoms with van der Waals surface area (Å²) in [7, 11) is 1.04. The summed E-state index contributed by atoms with van der Waals surface area (Å²) < 4.78 is 33.6. The molecule has 11 heteroatoms. The molecule has 0 amide bonds. The maximum Gasteiger partial charge on any atom is 0.306 e. The van der Waals surface area contributed by atoms with Crippen LogP contribution < -0.4 is 4.89 Å². The molecule has 0 heterocycles. The van der Waals surface area contributed by atoms with E-state index in [2.05, 4.69) is 50.3 Å². The normalized spacial score (nSPS) is 14.9. The van der Waals surface area contributed by atoms with Crippen LogP contribution in [0.25, 0.3) is 0 Å². The minimum Gasteiger partial charge on any atom is -0.756 e. The van der Waals surface area contributed by atoms with E-state index in [0.717, 1.165) is 44.9 Å². The van der Waals surface area contributed by atoms with E-state index in [1.54, 1.807) is 12.2 Å². The number of quaternary nitrogens is 1. The Bertz CT molecular complexity index is 1130. The van der Waals surface area contributed by atoms with Gasteiger partial charge in [0.1, 0.15) is 19.8 Å². The second kappa shape index (κ2) is 35.1. The number of phosphoric ester groups is 1. The topological polar surface area (TPSA) is 131 Å². The molecule has 54 heavy (non-hydrogen) atoms. The van der Waals surface area contributed by atoms with E-state index in [0.29, 0.717) is 30.3 Å². The van der Waals surface area contributed by atoms with Crippen molar-refractivity contribution in [2.45, 2.75) is 154 Å². The summed E-state index contributed by atoms with van der Waals surface area (Å²) in [6.07, 6.45) is 37.1. The van der Waals surface area contributed by atoms with Gasteiger partial charge in [-0.15, -0.1) is 0 Å². The van der Waals surface area contributed by atoms with E-state index in [-0.39, 0.29) is 26.1 Å². The summed E-state index contributed by atoms with van der Waals surface area (Å²) >= 11 is 0. The van der Waals surface area contributed by atoms with Crippen LogP contribution in [0.2, 0.25) is 0 Å². The highest BCUT2D eigenvalue weighted by atomic mass is 31.2. The summed E-state index contributed by atoms with van der Waals surface area (Å²) in [5.41, 5.74) is 0.